The Morgan fingerprint density at radius 3 is 1.17 bits per heavy atom. The average molecular weight is 280 g/mol. The van der Waals surface area contributed by atoms with Gasteiger partial charge < -0.3 is 10.2 Å². The summed E-state index contributed by atoms with van der Waals surface area (Å²) in [7, 11) is 3.22. The van der Waals surface area contributed by atoms with E-state index in [1.54, 1.807) is 45.9 Å². The van der Waals surface area contributed by atoms with E-state index in [4.69, 9.17) is 10.2 Å². The van der Waals surface area contributed by atoms with Crippen molar-refractivity contribution in [2.45, 2.75) is 23.6 Å². The molecule has 0 aromatic heterocycles. The second kappa shape index (κ2) is 7.95. The van der Waals surface area contributed by atoms with E-state index in [9.17, 15) is 0 Å². The van der Waals surface area contributed by atoms with E-state index in [0.29, 0.717) is 0 Å². The predicted octanol–water partition coefficient (Wildman–Crippen LogP) is 4.92. The fraction of sp³-hybridized carbons (Fsp3) is 0.143. The molecule has 4 heteroatoms. The van der Waals surface area contributed by atoms with Gasteiger partial charge in [0.2, 0.25) is 0 Å². The lowest BCUT2D eigenvalue weighted by Gasteiger charge is -2.01. The molecule has 0 aliphatic rings. The van der Waals surface area contributed by atoms with Crippen molar-refractivity contribution in [1.29, 1.82) is 0 Å². The Kier molecular flexibility index (Phi) is 6.54. The van der Waals surface area contributed by atoms with Gasteiger partial charge in [0, 0.05) is 9.79 Å². The van der Waals surface area contributed by atoms with Gasteiger partial charge in [-0.2, -0.15) is 0 Å². The zero-order valence-corrected chi connectivity index (χ0v) is 12.0. The summed E-state index contributed by atoms with van der Waals surface area (Å²) in [5.74, 6) is 0.554. The molecule has 0 unspecified atom stereocenters. The molecule has 0 aliphatic heterocycles. The van der Waals surface area contributed by atoms with Crippen LogP contribution in [0.1, 0.15) is 13.8 Å². The summed E-state index contributed by atoms with van der Waals surface area (Å²) < 4.78 is 0. The summed E-state index contributed by atoms with van der Waals surface area (Å²) in [5.41, 5.74) is 0. The normalized spacial score (nSPS) is 9.44. The molecule has 18 heavy (non-hydrogen) atoms. The molecule has 0 aliphatic carbocycles. The largest absolute Gasteiger partial charge is 0.508 e. The molecule has 0 bridgehead atoms. The predicted molar refractivity (Wildman–Crippen MR) is 79.3 cm³/mol. The first-order valence-electron chi connectivity index (χ1n) is 5.66. The minimum absolute atomic E-state index is 0.277. The number of hydrogen-bond acceptors (Lipinski definition) is 4. The van der Waals surface area contributed by atoms with Crippen molar-refractivity contribution >= 4 is 21.6 Å². The van der Waals surface area contributed by atoms with Gasteiger partial charge >= 0.3 is 0 Å². The van der Waals surface area contributed by atoms with E-state index in [2.05, 4.69) is 0 Å². The summed E-state index contributed by atoms with van der Waals surface area (Å²) in [6.07, 6.45) is 0. The lowest BCUT2D eigenvalue weighted by Crippen LogP contribution is -1.69. The topological polar surface area (TPSA) is 40.5 Å². The van der Waals surface area contributed by atoms with Gasteiger partial charge in [-0.05, 0) is 48.5 Å². The highest BCUT2D eigenvalue weighted by molar-refractivity contribution is 8.76. The van der Waals surface area contributed by atoms with Gasteiger partial charge in [0.25, 0.3) is 0 Å². The molecule has 2 aromatic rings. The van der Waals surface area contributed by atoms with Crippen molar-refractivity contribution in [3.05, 3.63) is 48.5 Å². The van der Waals surface area contributed by atoms with Crippen LogP contribution in [-0.4, -0.2) is 10.2 Å². The Hall–Kier alpha value is -1.26. The van der Waals surface area contributed by atoms with Gasteiger partial charge in [-0.15, -0.1) is 0 Å². The van der Waals surface area contributed by atoms with Crippen LogP contribution in [0.25, 0.3) is 0 Å². The van der Waals surface area contributed by atoms with Gasteiger partial charge in [-0.1, -0.05) is 35.4 Å². The van der Waals surface area contributed by atoms with Gasteiger partial charge in [-0.3, -0.25) is 0 Å². The molecule has 0 spiro atoms. The van der Waals surface area contributed by atoms with Gasteiger partial charge in [-0.25, -0.2) is 0 Å². The van der Waals surface area contributed by atoms with Crippen LogP contribution in [-0.2, 0) is 0 Å². The van der Waals surface area contributed by atoms with Crippen molar-refractivity contribution in [3.63, 3.8) is 0 Å². The van der Waals surface area contributed by atoms with Crippen LogP contribution in [0.4, 0.5) is 0 Å². The molecule has 2 nitrogen and oxygen atoms in total. The fourth-order valence-electron chi connectivity index (χ4n) is 1.10. The number of phenolic OH excluding ortho intramolecular Hbond substituents is 2. The summed E-state index contributed by atoms with van der Waals surface area (Å²) in [5, 5.41) is 18.3. The van der Waals surface area contributed by atoms with Crippen LogP contribution < -0.4 is 0 Å². The van der Waals surface area contributed by atoms with Crippen LogP contribution in [0.15, 0.2) is 58.3 Å². The standard InChI is InChI=1S/C12H10O2S2.C2H6/c13-9-1-5-11(6-2-9)15-16-12-7-3-10(14)4-8-12;1-2/h1-8,13-14H;1-2H3. The molecule has 2 aromatic carbocycles. The smallest absolute Gasteiger partial charge is 0.115 e. The van der Waals surface area contributed by atoms with E-state index >= 15 is 0 Å². The first kappa shape index (κ1) is 14.8. The first-order valence-corrected chi connectivity index (χ1v) is 7.81. The number of aromatic hydroxyl groups is 2. The van der Waals surface area contributed by atoms with E-state index < -0.39 is 0 Å². The zero-order valence-electron chi connectivity index (χ0n) is 10.3. The Balaban J connectivity index is 0.000000771. The minimum Gasteiger partial charge on any atom is -0.508 e. The monoisotopic (exact) mass is 280 g/mol. The Morgan fingerprint density at radius 2 is 0.889 bits per heavy atom. The highest BCUT2D eigenvalue weighted by Crippen LogP contribution is 2.38. The lowest BCUT2D eigenvalue weighted by atomic mass is 10.3. The van der Waals surface area contributed by atoms with Gasteiger partial charge in [0.05, 0.1) is 0 Å². The van der Waals surface area contributed by atoms with Gasteiger partial charge in [0.15, 0.2) is 0 Å². The number of benzene rings is 2. The third-order valence-electron chi connectivity index (χ3n) is 1.91. The van der Waals surface area contributed by atoms with Crippen molar-refractivity contribution in [1.82, 2.24) is 0 Å². The molecule has 0 heterocycles. The maximum atomic E-state index is 9.13. The van der Waals surface area contributed by atoms with Crippen molar-refractivity contribution in [2.24, 2.45) is 0 Å². The molecular formula is C14H16O2S2. The molecular weight excluding hydrogens is 264 g/mol. The fourth-order valence-corrected chi connectivity index (χ4v) is 3.03. The molecule has 2 N–H and O–H groups in total. The van der Waals surface area contributed by atoms with Crippen molar-refractivity contribution in [3.8, 4) is 11.5 Å². The maximum absolute atomic E-state index is 9.13. The minimum atomic E-state index is 0.277. The third kappa shape index (κ3) is 4.94. The quantitative estimate of drug-likeness (QED) is 0.783. The first-order chi connectivity index (χ1) is 8.74. The summed E-state index contributed by atoms with van der Waals surface area (Å²) >= 11 is 0. The van der Waals surface area contributed by atoms with E-state index in [-0.39, 0.29) is 11.5 Å². The number of phenols is 2. The van der Waals surface area contributed by atoms with Crippen LogP contribution in [0.3, 0.4) is 0 Å². The summed E-state index contributed by atoms with van der Waals surface area (Å²) in [4.78, 5) is 2.16. The lowest BCUT2D eigenvalue weighted by molar-refractivity contribution is 0.474. The second-order valence-electron chi connectivity index (χ2n) is 3.15. The number of rotatable bonds is 3. The Labute approximate surface area is 115 Å². The van der Waals surface area contributed by atoms with Crippen molar-refractivity contribution in [2.75, 3.05) is 0 Å². The molecule has 0 radical (unpaired) electrons. The van der Waals surface area contributed by atoms with Crippen LogP contribution >= 0.6 is 21.6 Å². The maximum Gasteiger partial charge on any atom is 0.115 e. The summed E-state index contributed by atoms with van der Waals surface area (Å²) in [6, 6.07) is 14.1. The zero-order chi connectivity index (χ0) is 13.4. The highest BCUT2D eigenvalue weighted by Gasteiger charge is 1.98. The molecule has 0 atom stereocenters. The molecule has 0 amide bonds. The molecule has 2 rings (SSSR count). The van der Waals surface area contributed by atoms with Crippen molar-refractivity contribution < 1.29 is 10.2 Å². The Morgan fingerprint density at radius 1 is 0.611 bits per heavy atom. The molecule has 0 saturated carbocycles. The molecule has 0 fully saturated rings. The molecule has 96 valence electrons. The van der Waals surface area contributed by atoms with E-state index in [0.717, 1.165) is 9.79 Å². The van der Waals surface area contributed by atoms with Crippen LogP contribution in [0.5, 0.6) is 11.5 Å². The third-order valence-corrected chi connectivity index (χ3v) is 4.32. The summed E-state index contributed by atoms with van der Waals surface area (Å²) in [6.45, 7) is 4.00. The van der Waals surface area contributed by atoms with Gasteiger partial charge in [0.1, 0.15) is 11.5 Å². The van der Waals surface area contributed by atoms with Crippen LogP contribution in [0.2, 0.25) is 0 Å². The van der Waals surface area contributed by atoms with E-state index in [1.807, 2.05) is 38.1 Å². The average Bonchev–Trinajstić information content (AvgIpc) is 2.42. The van der Waals surface area contributed by atoms with Crippen LogP contribution in [0, 0.1) is 0 Å². The second-order valence-corrected chi connectivity index (χ2v) is 5.43. The molecule has 0 saturated heterocycles. The SMILES string of the molecule is CC.Oc1ccc(SSc2ccc(O)cc2)cc1. The van der Waals surface area contributed by atoms with E-state index in [1.165, 1.54) is 0 Å². The highest BCUT2D eigenvalue weighted by atomic mass is 33.1. The number of hydrogen-bond donors (Lipinski definition) is 2. The Bertz CT molecular complexity index is 407.